The molecule has 3 amide bonds. The molecule has 176 valence electrons. The Morgan fingerprint density at radius 2 is 1.61 bits per heavy atom. The first-order chi connectivity index (χ1) is 15.5. The van der Waals surface area contributed by atoms with E-state index in [1.807, 2.05) is 0 Å². The molecule has 33 heavy (non-hydrogen) atoms. The molecule has 9 nitrogen and oxygen atoms in total. The fraction of sp³-hybridized carbons (Fsp3) is 0.238. The lowest BCUT2D eigenvalue weighted by Crippen LogP contribution is -2.48. The summed E-state index contributed by atoms with van der Waals surface area (Å²) in [4.78, 5) is 46.9. The quantitative estimate of drug-likeness (QED) is 0.405. The first-order valence-electron chi connectivity index (χ1n) is 9.48. The summed E-state index contributed by atoms with van der Waals surface area (Å²) in [6.07, 6.45) is -7.04. The highest BCUT2D eigenvalue weighted by Crippen LogP contribution is 2.17. The molecule has 0 bridgehead atoms. The van der Waals surface area contributed by atoms with E-state index in [2.05, 4.69) is 15.4 Å². The van der Waals surface area contributed by atoms with Crippen LogP contribution in [-0.4, -0.2) is 42.8 Å². The van der Waals surface area contributed by atoms with Gasteiger partial charge < -0.3 is 25.4 Å². The second-order valence-corrected chi connectivity index (χ2v) is 6.63. The monoisotopic (exact) mass is 467 g/mol. The molecule has 0 saturated carbocycles. The van der Waals surface area contributed by atoms with Gasteiger partial charge in [-0.25, -0.2) is 9.59 Å². The van der Waals surface area contributed by atoms with Gasteiger partial charge in [-0.15, -0.1) is 13.2 Å². The normalized spacial score (nSPS) is 11.6. The number of carbonyl (C=O) groups is 4. The maximum atomic E-state index is 12.7. The average Bonchev–Trinajstić information content (AvgIpc) is 2.72. The van der Waals surface area contributed by atoms with Gasteiger partial charge in [-0.1, -0.05) is 30.3 Å². The van der Waals surface area contributed by atoms with Crippen LogP contribution in [0.4, 0.5) is 23.7 Å². The summed E-state index contributed by atoms with van der Waals surface area (Å²) in [7, 11) is 0. The minimum atomic E-state index is -5.20. The molecule has 2 rings (SSSR count). The first kappa shape index (κ1) is 25.2. The van der Waals surface area contributed by atoms with Gasteiger partial charge in [0, 0.05) is 19.0 Å². The van der Waals surface area contributed by atoms with Gasteiger partial charge in [0.25, 0.3) is 0 Å². The summed E-state index contributed by atoms with van der Waals surface area (Å²) in [6, 6.07) is 13.2. The number of esters is 1. The molecule has 0 saturated heterocycles. The molecular weight excluding hydrogens is 447 g/mol. The number of rotatable bonds is 8. The molecule has 0 aliphatic heterocycles. The van der Waals surface area contributed by atoms with Gasteiger partial charge in [-0.05, 0) is 29.8 Å². The maximum Gasteiger partial charge on any atom is 0.576 e. The third kappa shape index (κ3) is 9.72. The minimum Gasteiger partial charge on any atom is -0.425 e. The molecular formula is C21H20F3N3O6. The SMILES string of the molecule is CC(=O)Nc1ccc(OC(=O)[C@H](Cc2ccccc2)NC(=O)CNC(=O)OC(F)(F)F)cc1. The zero-order valence-corrected chi connectivity index (χ0v) is 17.3. The third-order valence-corrected chi connectivity index (χ3v) is 3.90. The highest BCUT2D eigenvalue weighted by atomic mass is 19.4. The Labute approximate surface area is 186 Å². The summed E-state index contributed by atoms with van der Waals surface area (Å²) >= 11 is 0. The Kier molecular flexibility index (Phi) is 8.78. The van der Waals surface area contributed by atoms with Crippen LogP contribution in [0.1, 0.15) is 12.5 Å². The van der Waals surface area contributed by atoms with Gasteiger partial charge in [0.2, 0.25) is 11.8 Å². The number of ether oxygens (including phenoxy) is 2. The molecule has 0 heterocycles. The van der Waals surface area contributed by atoms with Crippen molar-refractivity contribution in [1.82, 2.24) is 10.6 Å². The van der Waals surface area contributed by atoms with Gasteiger partial charge >= 0.3 is 18.4 Å². The number of hydrogen-bond donors (Lipinski definition) is 3. The van der Waals surface area contributed by atoms with Crippen molar-refractivity contribution in [3.63, 3.8) is 0 Å². The van der Waals surface area contributed by atoms with Crippen LogP contribution in [0.5, 0.6) is 5.75 Å². The topological polar surface area (TPSA) is 123 Å². The van der Waals surface area contributed by atoms with E-state index >= 15 is 0 Å². The minimum absolute atomic E-state index is 0.0163. The standard InChI is InChI=1S/C21H20F3N3O6/c1-13(28)26-15-7-9-16(10-8-15)32-19(30)17(11-14-5-3-2-4-6-14)27-18(29)12-25-20(31)33-21(22,23)24/h2-10,17H,11-12H2,1H3,(H,25,31)(H,26,28)(H,27,29)/t17-/m0/s1. The smallest absolute Gasteiger partial charge is 0.425 e. The zero-order chi connectivity index (χ0) is 24.4. The zero-order valence-electron chi connectivity index (χ0n) is 17.3. The van der Waals surface area contributed by atoms with E-state index in [1.165, 1.54) is 31.2 Å². The van der Waals surface area contributed by atoms with Crippen molar-refractivity contribution in [2.45, 2.75) is 25.7 Å². The van der Waals surface area contributed by atoms with Crippen LogP contribution < -0.4 is 20.7 Å². The lowest BCUT2D eigenvalue weighted by molar-refractivity contribution is -0.291. The summed E-state index contributed by atoms with van der Waals surface area (Å²) in [5.74, 6) is -1.93. The van der Waals surface area contributed by atoms with Gasteiger partial charge in [-0.2, -0.15) is 0 Å². The molecule has 12 heteroatoms. The molecule has 3 N–H and O–H groups in total. The van der Waals surface area contributed by atoms with Gasteiger partial charge in [0.15, 0.2) is 0 Å². The second-order valence-electron chi connectivity index (χ2n) is 6.63. The van der Waals surface area contributed by atoms with E-state index < -0.39 is 36.9 Å². The summed E-state index contributed by atoms with van der Waals surface area (Å²) in [6.45, 7) is 0.474. The summed E-state index contributed by atoms with van der Waals surface area (Å²) < 4.78 is 44.4. The van der Waals surface area contributed by atoms with E-state index in [0.717, 1.165) is 0 Å². The Hall–Kier alpha value is -4.09. The molecule has 0 radical (unpaired) electrons. The third-order valence-electron chi connectivity index (χ3n) is 3.90. The van der Waals surface area contributed by atoms with E-state index in [0.29, 0.717) is 11.3 Å². The van der Waals surface area contributed by atoms with Crippen molar-refractivity contribution in [2.75, 3.05) is 11.9 Å². The Morgan fingerprint density at radius 3 is 2.18 bits per heavy atom. The van der Waals surface area contributed by atoms with Gasteiger partial charge in [0.1, 0.15) is 18.3 Å². The lowest BCUT2D eigenvalue weighted by atomic mass is 10.1. The summed E-state index contributed by atoms with van der Waals surface area (Å²) in [5.41, 5.74) is 1.15. The number of nitrogens with one attached hydrogen (secondary N) is 3. The van der Waals surface area contributed by atoms with Crippen LogP contribution in [0.2, 0.25) is 0 Å². The molecule has 0 fully saturated rings. The van der Waals surface area contributed by atoms with Crippen LogP contribution in [0.3, 0.4) is 0 Å². The van der Waals surface area contributed by atoms with Crippen LogP contribution in [-0.2, 0) is 25.5 Å². The van der Waals surface area contributed by atoms with E-state index in [1.54, 1.807) is 35.6 Å². The number of benzene rings is 2. The van der Waals surface area contributed by atoms with Crippen LogP contribution in [0.25, 0.3) is 0 Å². The van der Waals surface area contributed by atoms with Crippen molar-refractivity contribution in [3.8, 4) is 5.75 Å². The number of amides is 3. The van der Waals surface area contributed by atoms with Crippen molar-refractivity contribution in [2.24, 2.45) is 0 Å². The molecule has 0 unspecified atom stereocenters. The summed E-state index contributed by atoms with van der Waals surface area (Å²) in [5, 5.41) is 6.51. The second kappa shape index (κ2) is 11.5. The first-order valence-corrected chi connectivity index (χ1v) is 9.48. The van der Waals surface area contributed by atoms with Crippen LogP contribution >= 0.6 is 0 Å². The van der Waals surface area contributed by atoms with E-state index in [4.69, 9.17) is 4.74 Å². The number of hydrogen-bond acceptors (Lipinski definition) is 6. The lowest BCUT2D eigenvalue weighted by Gasteiger charge is -2.18. The predicted octanol–water partition coefficient (Wildman–Crippen LogP) is 2.52. The predicted molar refractivity (Wildman–Crippen MR) is 109 cm³/mol. The number of carbonyl (C=O) groups excluding carboxylic acids is 4. The number of anilines is 1. The van der Waals surface area contributed by atoms with Crippen molar-refractivity contribution < 1.29 is 41.8 Å². The number of alkyl halides is 3. The van der Waals surface area contributed by atoms with Crippen LogP contribution in [0, 0.1) is 0 Å². The molecule has 2 aromatic rings. The molecule has 2 aromatic carbocycles. The molecule has 0 spiro atoms. The average molecular weight is 467 g/mol. The van der Waals surface area contributed by atoms with Gasteiger partial charge in [-0.3, -0.25) is 9.59 Å². The van der Waals surface area contributed by atoms with Crippen LogP contribution in [0.15, 0.2) is 54.6 Å². The Morgan fingerprint density at radius 1 is 0.970 bits per heavy atom. The molecule has 0 aliphatic rings. The van der Waals surface area contributed by atoms with Crippen molar-refractivity contribution in [1.29, 1.82) is 0 Å². The van der Waals surface area contributed by atoms with E-state index in [9.17, 15) is 32.3 Å². The fourth-order valence-corrected chi connectivity index (χ4v) is 2.58. The fourth-order valence-electron chi connectivity index (χ4n) is 2.58. The molecule has 0 aliphatic carbocycles. The van der Waals surface area contributed by atoms with Gasteiger partial charge in [0.05, 0.1) is 0 Å². The Bertz CT molecular complexity index is 981. The molecule has 0 aromatic heterocycles. The number of halogens is 3. The van der Waals surface area contributed by atoms with E-state index in [-0.39, 0.29) is 18.1 Å². The maximum absolute atomic E-state index is 12.7. The highest BCUT2D eigenvalue weighted by molar-refractivity contribution is 5.89. The highest BCUT2D eigenvalue weighted by Gasteiger charge is 2.34. The molecule has 1 atom stereocenters. The Balaban J connectivity index is 2.03. The van der Waals surface area contributed by atoms with Crippen molar-refractivity contribution >= 4 is 29.6 Å². The largest absolute Gasteiger partial charge is 0.576 e. The number of alkyl carbamates (subject to hydrolysis) is 1. The van der Waals surface area contributed by atoms with Crippen molar-refractivity contribution in [3.05, 3.63) is 60.2 Å².